The zero-order valence-electron chi connectivity index (χ0n) is 11.7. The molecule has 3 rings (SSSR count). The SMILES string of the molecule is Cc1occc1C(=O)N(CCC(=O)NC1CC1)C1CC1. The van der Waals surface area contributed by atoms with Gasteiger partial charge in [0.1, 0.15) is 5.76 Å². The molecule has 2 aliphatic rings. The first-order valence-corrected chi connectivity index (χ1v) is 7.29. The summed E-state index contributed by atoms with van der Waals surface area (Å²) in [5.41, 5.74) is 0.611. The van der Waals surface area contributed by atoms with E-state index in [1.54, 1.807) is 13.0 Å². The van der Waals surface area contributed by atoms with E-state index in [-0.39, 0.29) is 11.8 Å². The molecule has 1 aromatic heterocycles. The molecule has 0 saturated heterocycles. The van der Waals surface area contributed by atoms with Gasteiger partial charge in [-0.1, -0.05) is 0 Å². The Labute approximate surface area is 118 Å². The van der Waals surface area contributed by atoms with E-state index in [2.05, 4.69) is 5.32 Å². The minimum absolute atomic E-state index is 0.0158. The van der Waals surface area contributed by atoms with E-state index in [1.165, 1.54) is 6.26 Å². The lowest BCUT2D eigenvalue weighted by molar-refractivity contribution is -0.121. The molecule has 0 aliphatic heterocycles. The third-order valence-corrected chi connectivity index (χ3v) is 3.86. The number of carbonyl (C=O) groups excluding carboxylic acids is 2. The Morgan fingerprint density at radius 2 is 2.10 bits per heavy atom. The second kappa shape index (κ2) is 5.31. The molecule has 2 saturated carbocycles. The summed E-state index contributed by atoms with van der Waals surface area (Å²) in [6.45, 7) is 2.28. The molecule has 0 aromatic carbocycles. The zero-order valence-corrected chi connectivity index (χ0v) is 11.7. The fraction of sp³-hybridized carbons (Fsp3) is 0.600. The molecule has 2 aliphatic carbocycles. The van der Waals surface area contributed by atoms with Crippen LogP contribution in [0.2, 0.25) is 0 Å². The average molecular weight is 276 g/mol. The van der Waals surface area contributed by atoms with Gasteiger partial charge in [-0.2, -0.15) is 0 Å². The molecule has 5 nitrogen and oxygen atoms in total. The fourth-order valence-electron chi connectivity index (χ4n) is 2.35. The van der Waals surface area contributed by atoms with Gasteiger partial charge in [-0.3, -0.25) is 9.59 Å². The minimum Gasteiger partial charge on any atom is -0.469 e. The van der Waals surface area contributed by atoms with Crippen molar-refractivity contribution in [3.05, 3.63) is 23.7 Å². The van der Waals surface area contributed by atoms with E-state index < -0.39 is 0 Å². The Bertz CT molecular complexity index is 515. The van der Waals surface area contributed by atoms with Gasteiger partial charge in [-0.15, -0.1) is 0 Å². The van der Waals surface area contributed by atoms with Crippen molar-refractivity contribution in [3.63, 3.8) is 0 Å². The van der Waals surface area contributed by atoms with Gasteiger partial charge in [0.15, 0.2) is 0 Å². The van der Waals surface area contributed by atoms with Crippen molar-refractivity contribution in [2.75, 3.05) is 6.54 Å². The van der Waals surface area contributed by atoms with E-state index in [4.69, 9.17) is 4.42 Å². The number of aryl methyl sites for hydroxylation is 1. The molecule has 1 aromatic rings. The normalized spacial score (nSPS) is 17.9. The van der Waals surface area contributed by atoms with Gasteiger partial charge >= 0.3 is 0 Å². The highest BCUT2D eigenvalue weighted by atomic mass is 16.3. The molecule has 5 heteroatoms. The summed E-state index contributed by atoms with van der Waals surface area (Å²) in [5.74, 6) is 0.677. The minimum atomic E-state index is -0.0158. The van der Waals surface area contributed by atoms with Crippen LogP contribution in [0.3, 0.4) is 0 Å². The molecule has 0 radical (unpaired) electrons. The van der Waals surface area contributed by atoms with E-state index in [9.17, 15) is 9.59 Å². The summed E-state index contributed by atoms with van der Waals surface area (Å²) in [6.07, 6.45) is 6.17. The molecule has 2 fully saturated rings. The summed E-state index contributed by atoms with van der Waals surface area (Å²) < 4.78 is 5.20. The Kier molecular flexibility index (Phi) is 3.51. The highest BCUT2D eigenvalue weighted by Crippen LogP contribution is 2.29. The smallest absolute Gasteiger partial charge is 0.257 e. The maximum Gasteiger partial charge on any atom is 0.257 e. The van der Waals surface area contributed by atoms with Crippen molar-refractivity contribution >= 4 is 11.8 Å². The maximum absolute atomic E-state index is 12.5. The van der Waals surface area contributed by atoms with Crippen LogP contribution in [0.15, 0.2) is 16.7 Å². The molecule has 1 heterocycles. The lowest BCUT2D eigenvalue weighted by Crippen LogP contribution is -2.37. The second-order valence-corrected chi connectivity index (χ2v) is 5.71. The van der Waals surface area contributed by atoms with Crippen molar-refractivity contribution in [2.24, 2.45) is 0 Å². The number of amides is 2. The van der Waals surface area contributed by atoms with Gasteiger partial charge in [-0.05, 0) is 38.7 Å². The predicted octanol–water partition coefficient (Wildman–Crippen LogP) is 1.86. The molecule has 0 unspecified atom stereocenters. The highest BCUT2D eigenvalue weighted by Gasteiger charge is 2.34. The van der Waals surface area contributed by atoms with Crippen LogP contribution in [0.5, 0.6) is 0 Å². The van der Waals surface area contributed by atoms with Gasteiger partial charge in [0.05, 0.1) is 11.8 Å². The Morgan fingerprint density at radius 1 is 1.35 bits per heavy atom. The molecule has 20 heavy (non-hydrogen) atoms. The van der Waals surface area contributed by atoms with Gasteiger partial charge in [0.2, 0.25) is 5.91 Å². The Hall–Kier alpha value is -1.78. The van der Waals surface area contributed by atoms with E-state index >= 15 is 0 Å². The summed E-state index contributed by atoms with van der Waals surface area (Å²) in [4.78, 5) is 26.1. The van der Waals surface area contributed by atoms with Gasteiger partial charge in [0.25, 0.3) is 5.91 Å². The van der Waals surface area contributed by atoms with Crippen LogP contribution < -0.4 is 5.32 Å². The fourth-order valence-corrected chi connectivity index (χ4v) is 2.35. The first kappa shape index (κ1) is 13.2. The molecule has 0 atom stereocenters. The Balaban J connectivity index is 1.59. The standard InChI is InChI=1S/C15H20N2O3/c1-10-13(7-9-20-10)15(19)17(12-4-5-12)8-6-14(18)16-11-2-3-11/h7,9,11-12H,2-6,8H2,1H3,(H,16,18). The summed E-state index contributed by atoms with van der Waals surface area (Å²) in [7, 11) is 0. The van der Waals surface area contributed by atoms with E-state index in [0.717, 1.165) is 25.7 Å². The van der Waals surface area contributed by atoms with Crippen molar-refractivity contribution in [1.82, 2.24) is 10.2 Å². The summed E-state index contributed by atoms with van der Waals surface area (Å²) in [6, 6.07) is 2.38. The number of nitrogens with one attached hydrogen (secondary N) is 1. The monoisotopic (exact) mass is 276 g/mol. The van der Waals surface area contributed by atoms with Crippen molar-refractivity contribution < 1.29 is 14.0 Å². The molecular weight excluding hydrogens is 256 g/mol. The third kappa shape index (κ3) is 3.03. The number of nitrogens with zero attached hydrogens (tertiary/aromatic N) is 1. The first-order valence-electron chi connectivity index (χ1n) is 7.29. The molecule has 2 amide bonds. The number of furan rings is 1. The number of hydrogen-bond acceptors (Lipinski definition) is 3. The number of hydrogen-bond donors (Lipinski definition) is 1. The second-order valence-electron chi connectivity index (χ2n) is 5.71. The van der Waals surface area contributed by atoms with Crippen LogP contribution in [-0.2, 0) is 4.79 Å². The van der Waals surface area contributed by atoms with Crippen molar-refractivity contribution in [1.29, 1.82) is 0 Å². The topological polar surface area (TPSA) is 62.6 Å². The zero-order chi connectivity index (χ0) is 14.1. The lowest BCUT2D eigenvalue weighted by atomic mass is 10.2. The predicted molar refractivity (Wildman–Crippen MR) is 73.3 cm³/mol. The van der Waals surface area contributed by atoms with E-state index in [1.807, 2.05) is 4.90 Å². The highest BCUT2D eigenvalue weighted by molar-refractivity contribution is 5.95. The van der Waals surface area contributed by atoms with Crippen LogP contribution >= 0.6 is 0 Å². The van der Waals surface area contributed by atoms with E-state index in [0.29, 0.717) is 36.4 Å². The number of carbonyl (C=O) groups is 2. The molecule has 108 valence electrons. The maximum atomic E-state index is 12.5. The van der Waals surface area contributed by atoms with Crippen molar-refractivity contribution in [2.45, 2.75) is 51.1 Å². The van der Waals surface area contributed by atoms with Crippen molar-refractivity contribution in [3.8, 4) is 0 Å². The molecule has 0 spiro atoms. The summed E-state index contributed by atoms with van der Waals surface area (Å²) in [5, 5.41) is 2.96. The van der Waals surface area contributed by atoms with Gasteiger partial charge < -0.3 is 14.6 Å². The van der Waals surface area contributed by atoms with Gasteiger partial charge in [0, 0.05) is 25.0 Å². The Morgan fingerprint density at radius 3 is 2.65 bits per heavy atom. The summed E-state index contributed by atoms with van der Waals surface area (Å²) >= 11 is 0. The first-order chi connectivity index (χ1) is 9.65. The largest absolute Gasteiger partial charge is 0.469 e. The molecular formula is C15H20N2O3. The van der Waals surface area contributed by atoms with Gasteiger partial charge in [-0.25, -0.2) is 0 Å². The lowest BCUT2D eigenvalue weighted by Gasteiger charge is -2.22. The van der Waals surface area contributed by atoms with Crippen LogP contribution in [0.25, 0.3) is 0 Å². The van der Waals surface area contributed by atoms with Crippen LogP contribution in [0.1, 0.15) is 48.2 Å². The molecule has 0 bridgehead atoms. The number of rotatable bonds is 6. The average Bonchev–Trinajstić information content (AvgIpc) is 3.32. The third-order valence-electron chi connectivity index (χ3n) is 3.86. The van der Waals surface area contributed by atoms with Crippen LogP contribution in [0, 0.1) is 6.92 Å². The quantitative estimate of drug-likeness (QED) is 0.862. The van der Waals surface area contributed by atoms with Crippen LogP contribution in [0.4, 0.5) is 0 Å². The van der Waals surface area contributed by atoms with Crippen LogP contribution in [-0.4, -0.2) is 35.3 Å². The molecule has 1 N–H and O–H groups in total.